The van der Waals surface area contributed by atoms with E-state index in [1.807, 2.05) is 0 Å². The molecule has 9 heteroatoms. The van der Waals surface area contributed by atoms with Gasteiger partial charge in [0.25, 0.3) is 5.91 Å². The lowest BCUT2D eigenvalue weighted by Crippen LogP contribution is -2.57. The van der Waals surface area contributed by atoms with Crippen LogP contribution in [0.15, 0.2) is 72.9 Å². The number of nitrogens with two attached hydrogens (primary N) is 1. The average Bonchev–Trinajstić information content (AvgIpc) is 3.29. The van der Waals surface area contributed by atoms with Crippen LogP contribution >= 0.6 is 0 Å². The molecular weight excluding hydrogens is 440 g/mol. The Morgan fingerprint density at radius 1 is 1.06 bits per heavy atom. The molecule has 0 saturated heterocycles. The first-order valence-corrected chi connectivity index (χ1v) is 10.4. The minimum Gasteiger partial charge on any atom is -0.368 e. The Morgan fingerprint density at radius 3 is 2.50 bits per heavy atom. The highest BCUT2D eigenvalue weighted by Crippen LogP contribution is 2.29. The maximum absolute atomic E-state index is 14.9. The SMILES string of the molecule is C[C@](Cc1ccccn1)(NC(=O)c1cccc(F)c1-c1cc(-c2ccc(F)cc2)n[nH]1)C(N)=O. The summed E-state index contributed by atoms with van der Waals surface area (Å²) in [6, 6.07) is 16.5. The lowest BCUT2D eigenvalue weighted by molar-refractivity contribution is -0.123. The molecule has 172 valence electrons. The van der Waals surface area contributed by atoms with Gasteiger partial charge in [0.05, 0.1) is 17.0 Å². The largest absolute Gasteiger partial charge is 0.368 e. The van der Waals surface area contributed by atoms with E-state index in [2.05, 4.69) is 20.5 Å². The lowest BCUT2D eigenvalue weighted by atomic mass is 9.93. The first-order valence-electron chi connectivity index (χ1n) is 10.4. The van der Waals surface area contributed by atoms with Gasteiger partial charge in [0.15, 0.2) is 0 Å². The fourth-order valence-corrected chi connectivity index (χ4v) is 3.58. The number of hydrogen-bond donors (Lipinski definition) is 3. The fraction of sp³-hybridized carbons (Fsp3) is 0.120. The molecule has 2 aromatic carbocycles. The summed E-state index contributed by atoms with van der Waals surface area (Å²) in [5.74, 6) is -2.50. The number of primary amides is 1. The number of halogens is 2. The molecule has 2 heterocycles. The molecule has 34 heavy (non-hydrogen) atoms. The van der Waals surface area contributed by atoms with Gasteiger partial charge in [-0.3, -0.25) is 19.7 Å². The number of benzene rings is 2. The van der Waals surface area contributed by atoms with Crippen molar-refractivity contribution >= 4 is 11.8 Å². The molecule has 0 saturated carbocycles. The van der Waals surface area contributed by atoms with Gasteiger partial charge >= 0.3 is 0 Å². The molecule has 4 rings (SSSR count). The third-order valence-corrected chi connectivity index (χ3v) is 5.44. The van der Waals surface area contributed by atoms with Crippen LogP contribution in [-0.2, 0) is 11.2 Å². The van der Waals surface area contributed by atoms with Crippen LogP contribution in [-0.4, -0.2) is 32.5 Å². The molecule has 0 aliphatic rings. The van der Waals surface area contributed by atoms with Gasteiger partial charge in [-0.05, 0) is 61.5 Å². The number of nitrogens with one attached hydrogen (secondary N) is 2. The van der Waals surface area contributed by atoms with Crippen molar-refractivity contribution in [2.24, 2.45) is 5.73 Å². The molecule has 0 aliphatic heterocycles. The fourth-order valence-electron chi connectivity index (χ4n) is 3.58. The molecule has 2 aromatic heterocycles. The molecule has 0 bridgehead atoms. The number of carbonyl (C=O) groups excluding carboxylic acids is 2. The Bertz CT molecular complexity index is 1340. The summed E-state index contributed by atoms with van der Waals surface area (Å²) in [7, 11) is 0. The Morgan fingerprint density at radius 2 is 1.82 bits per heavy atom. The van der Waals surface area contributed by atoms with Gasteiger partial charge in [-0.15, -0.1) is 0 Å². The van der Waals surface area contributed by atoms with Crippen LogP contribution < -0.4 is 11.1 Å². The summed E-state index contributed by atoms with van der Waals surface area (Å²) >= 11 is 0. The Kier molecular flexibility index (Phi) is 6.18. The van der Waals surface area contributed by atoms with E-state index in [-0.39, 0.29) is 23.2 Å². The van der Waals surface area contributed by atoms with Crippen molar-refractivity contribution in [3.05, 3.63) is 95.8 Å². The summed E-state index contributed by atoms with van der Waals surface area (Å²) in [5.41, 5.74) is 5.96. The molecule has 2 amide bonds. The second kappa shape index (κ2) is 9.22. The molecule has 0 radical (unpaired) electrons. The van der Waals surface area contributed by atoms with Crippen molar-refractivity contribution < 1.29 is 18.4 Å². The zero-order valence-corrected chi connectivity index (χ0v) is 18.2. The highest BCUT2D eigenvalue weighted by molar-refractivity contribution is 6.03. The predicted molar refractivity (Wildman–Crippen MR) is 122 cm³/mol. The van der Waals surface area contributed by atoms with Crippen molar-refractivity contribution in [2.75, 3.05) is 0 Å². The Balaban J connectivity index is 1.67. The minimum absolute atomic E-state index is 0.0113. The number of hydrogen-bond acceptors (Lipinski definition) is 4. The van der Waals surface area contributed by atoms with Crippen molar-refractivity contribution in [3.63, 3.8) is 0 Å². The molecule has 1 atom stereocenters. The van der Waals surface area contributed by atoms with Crippen LogP contribution in [0.1, 0.15) is 23.0 Å². The molecule has 0 fully saturated rings. The maximum Gasteiger partial charge on any atom is 0.252 e. The second-order valence-electron chi connectivity index (χ2n) is 7.98. The summed E-state index contributed by atoms with van der Waals surface area (Å²) in [6.07, 6.45) is 1.62. The quantitative estimate of drug-likeness (QED) is 0.390. The molecule has 0 spiro atoms. The van der Waals surface area contributed by atoms with Crippen LogP contribution in [0.2, 0.25) is 0 Å². The second-order valence-corrected chi connectivity index (χ2v) is 7.98. The molecule has 4 aromatic rings. The molecule has 0 unspecified atom stereocenters. The smallest absolute Gasteiger partial charge is 0.252 e. The van der Waals surface area contributed by atoms with E-state index in [0.717, 1.165) is 0 Å². The molecule has 7 nitrogen and oxygen atoms in total. The van der Waals surface area contributed by atoms with E-state index in [9.17, 15) is 18.4 Å². The number of amides is 2. The summed E-state index contributed by atoms with van der Waals surface area (Å²) in [5, 5.41) is 9.54. The monoisotopic (exact) mass is 461 g/mol. The number of carbonyl (C=O) groups is 2. The summed E-state index contributed by atoms with van der Waals surface area (Å²) in [4.78, 5) is 29.7. The minimum atomic E-state index is -1.47. The van der Waals surface area contributed by atoms with Crippen molar-refractivity contribution in [1.82, 2.24) is 20.5 Å². The Labute approximate surface area is 194 Å². The zero-order chi connectivity index (χ0) is 24.3. The first kappa shape index (κ1) is 22.8. The normalized spacial score (nSPS) is 12.7. The molecule has 0 aliphatic carbocycles. The number of H-pyrrole nitrogens is 1. The van der Waals surface area contributed by atoms with E-state index >= 15 is 0 Å². The third kappa shape index (κ3) is 4.68. The first-order chi connectivity index (χ1) is 16.3. The van der Waals surface area contributed by atoms with E-state index in [4.69, 9.17) is 5.73 Å². The average molecular weight is 461 g/mol. The standard InChI is InChI=1S/C25H21F2N5O2/c1-25(24(28)34,14-17-5-2-3-12-29-17)30-23(33)18-6-4-7-19(27)22(18)21-13-20(31-32-21)15-8-10-16(26)11-9-15/h2-13H,14H2,1H3,(H2,28,34)(H,30,33)(H,31,32)/t25-/m1/s1. The van der Waals surface area contributed by atoms with Gasteiger partial charge in [-0.25, -0.2) is 8.78 Å². The highest BCUT2D eigenvalue weighted by atomic mass is 19.1. The van der Waals surface area contributed by atoms with E-state index in [0.29, 0.717) is 17.0 Å². The van der Waals surface area contributed by atoms with Gasteiger partial charge in [0, 0.05) is 29.4 Å². The topological polar surface area (TPSA) is 114 Å². The van der Waals surface area contributed by atoms with E-state index < -0.39 is 29.0 Å². The third-order valence-electron chi connectivity index (χ3n) is 5.44. The van der Waals surface area contributed by atoms with Crippen molar-refractivity contribution in [1.29, 1.82) is 0 Å². The lowest BCUT2D eigenvalue weighted by Gasteiger charge is -2.27. The summed E-state index contributed by atoms with van der Waals surface area (Å²) < 4.78 is 28.2. The predicted octanol–water partition coefficient (Wildman–Crippen LogP) is 3.63. The Hall–Kier alpha value is -4.40. The zero-order valence-electron chi connectivity index (χ0n) is 18.2. The number of aromatic amines is 1. The van der Waals surface area contributed by atoms with Crippen LogP contribution in [0.3, 0.4) is 0 Å². The van der Waals surface area contributed by atoms with Crippen LogP contribution in [0, 0.1) is 11.6 Å². The summed E-state index contributed by atoms with van der Waals surface area (Å²) in [6.45, 7) is 1.49. The maximum atomic E-state index is 14.9. The number of rotatable bonds is 7. The number of aromatic nitrogens is 3. The van der Waals surface area contributed by atoms with Gasteiger partial charge in [0.2, 0.25) is 5.91 Å². The molecule has 4 N–H and O–H groups in total. The van der Waals surface area contributed by atoms with Gasteiger partial charge < -0.3 is 11.1 Å². The van der Waals surface area contributed by atoms with Gasteiger partial charge in [0.1, 0.15) is 17.2 Å². The van der Waals surface area contributed by atoms with Crippen molar-refractivity contribution in [3.8, 4) is 22.5 Å². The van der Waals surface area contributed by atoms with Crippen LogP contribution in [0.4, 0.5) is 8.78 Å². The van der Waals surface area contributed by atoms with Crippen molar-refractivity contribution in [2.45, 2.75) is 18.9 Å². The number of pyridine rings is 1. The van der Waals surface area contributed by atoms with Crippen LogP contribution in [0.5, 0.6) is 0 Å². The van der Waals surface area contributed by atoms with Crippen LogP contribution in [0.25, 0.3) is 22.5 Å². The van der Waals surface area contributed by atoms with E-state index in [1.165, 1.54) is 37.3 Å². The molecular formula is C25H21F2N5O2. The van der Waals surface area contributed by atoms with E-state index in [1.54, 1.807) is 42.6 Å². The van der Waals surface area contributed by atoms with Gasteiger partial charge in [-0.2, -0.15) is 5.10 Å². The van der Waals surface area contributed by atoms with Gasteiger partial charge in [-0.1, -0.05) is 12.1 Å². The number of nitrogens with zero attached hydrogens (tertiary/aromatic N) is 2. The highest BCUT2D eigenvalue weighted by Gasteiger charge is 2.35.